The maximum atomic E-state index is 12.3. The first-order valence-electron chi connectivity index (χ1n) is 9.58. The van der Waals surface area contributed by atoms with Crippen molar-refractivity contribution in [3.63, 3.8) is 0 Å². The summed E-state index contributed by atoms with van der Waals surface area (Å²) in [6, 6.07) is 6.53. The smallest absolute Gasteiger partial charge is 0.223 e. The molecule has 0 aliphatic carbocycles. The third-order valence-electron chi connectivity index (χ3n) is 5.62. The molecule has 27 heavy (non-hydrogen) atoms. The van der Waals surface area contributed by atoms with Crippen LogP contribution >= 0.6 is 0 Å². The number of rotatable bonds is 5. The van der Waals surface area contributed by atoms with Crippen LogP contribution in [0.3, 0.4) is 0 Å². The van der Waals surface area contributed by atoms with Crippen LogP contribution in [0, 0.1) is 5.92 Å². The van der Waals surface area contributed by atoms with Crippen LogP contribution in [0.1, 0.15) is 43.0 Å². The lowest BCUT2D eigenvalue weighted by molar-refractivity contribution is -0.127. The van der Waals surface area contributed by atoms with Crippen molar-refractivity contribution in [2.45, 2.75) is 44.9 Å². The molecular weight excluding hydrogens is 340 g/mol. The molecule has 0 radical (unpaired) electrons. The summed E-state index contributed by atoms with van der Waals surface area (Å²) in [6.45, 7) is 5.84. The van der Waals surface area contributed by atoms with E-state index in [9.17, 15) is 4.79 Å². The van der Waals surface area contributed by atoms with E-state index in [0.29, 0.717) is 6.42 Å². The fourth-order valence-corrected chi connectivity index (χ4v) is 4.40. The summed E-state index contributed by atoms with van der Waals surface area (Å²) in [6.07, 6.45) is 5.40. The number of carbonyl (C=O) groups is 1. The Morgan fingerprint density at radius 3 is 2.89 bits per heavy atom. The van der Waals surface area contributed by atoms with Gasteiger partial charge in [0, 0.05) is 57.7 Å². The molecule has 1 N–H and O–H groups in total. The van der Waals surface area contributed by atoms with Crippen molar-refractivity contribution in [1.29, 1.82) is 0 Å². The van der Waals surface area contributed by atoms with E-state index in [1.54, 1.807) is 4.68 Å². The number of nitrogens with one attached hydrogen (secondary N) is 1. The van der Waals surface area contributed by atoms with Crippen LogP contribution in [0.4, 0.5) is 0 Å². The summed E-state index contributed by atoms with van der Waals surface area (Å²) in [4.78, 5) is 14.1. The number of likely N-dealkylation sites (tertiary alicyclic amines) is 1. The number of aromatic nitrogens is 2. The minimum Gasteiger partial charge on any atom is -0.487 e. The van der Waals surface area contributed by atoms with E-state index < -0.39 is 0 Å². The van der Waals surface area contributed by atoms with E-state index >= 15 is 0 Å². The summed E-state index contributed by atoms with van der Waals surface area (Å²) >= 11 is 0. The van der Waals surface area contributed by atoms with Gasteiger partial charge in [-0.3, -0.25) is 9.48 Å². The molecule has 6 nitrogen and oxygen atoms in total. The molecule has 6 heteroatoms. The molecule has 2 aliphatic heterocycles. The summed E-state index contributed by atoms with van der Waals surface area (Å²) in [7, 11) is 3.80. The second-order valence-electron chi connectivity index (χ2n) is 8.47. The van der Waals surface area contributed by atoms with Gasteiger partial charge in [0.2, 0.25) is 5.91 Å². The number of ether oxygens (including phenoxy) is 1. The topological polar surface area (TPSA) is 59.4 Å². The van der Waals surface area contributed by atoms with Gasteiger partial charge < -0.3 is 15.0 Å². The summed E-state index contributed by atoms with van der Waals surface area (Å²) in [5, 5.41) is 7.83. The lowest BCUT2D eigenvalue weighted by Crippen LogP contribution is -2.28. The van der Waals surface area contributed by atoms with Crippen molar-refractivity contribution in [2.75, 3.05) is 13.6 Å². The molecule has 1 saturated heterocycles. The monoisotopic (exact) mass is 368 g/mol. The first-order valence-corrected chi connectivity index (χ1v) is 9.58. The molecule has 0 bridgehead atoms. The van der Waals surface area contributed by atoms with Crippen molar-refractivity contribution in [3.8, 4) is 5.75 Å². The van der Waals surface area contributed by atoms with Gasteiger partial charge in [-0.25, -0.2) is 0 Å². The Bertz CT molecular complexity index is 858. The standard InChI is InChI=1S/C21H28N4O2/c1-21(2)9-15-7-14(5-6-18(15)27-21)10-22-11-16-8-19(26)25(4)20(16)17-12-23-24(3)13-17/h5-7,12-13,16,20,22H,8-11H2,1-4H3/t16-,20+/m0/s1. The molecule has 4 rings (SSSR count). The largest absolute Gasteiger partial charge is 0.487 e. The predicted octanol–water partition coefficient (Wildman–Crippen LogP) is 2.44. The molecule has 144 valence electrons. The van der Waals surface area contributed by atoms with Crippen LogP contribution in [-0.2, 0) is 24.8 Å². The number of benzene rings is 1. The summed E-state index contributed by atoms with van der Waals surface area (Å²) in [5.74, 6) is 1.46. The molecule has 0 unspecified atom stereocenters. The maximum Gasteiger partial charge on any atom is 0.223 e. The van der Waals surface area contributed by atoms with E-state index in [1.807, 2.05) is 31.4 Å². The first kappa shape index (κ1) is 18.0. The highest BCUT2D eigenvalue weighted by Gasteiger charge is 2.38. The zero-order chi connectivity index (χ0) is 19.2. The lowest BCUT2D eigenvalue weighted by Gasteiger charge is -2.24. The van der Waals surface area contributed by atoms with Crippen molar-refractivity contribution in [2.24, 2.45) is 13.0 Å². The molecule has 0 spiro atoms. The number of aryl methyl sites for hydroxylation is 1. The van der Waals surface area contributed by atoms with E-state index in [4.69, 9.17) is 4.74 Å². The van der Waals surface area contributed by atoms with E-state index in [2.05, 4.69) is 42.5 Å². The van der Waals surface area contributed by atoms with Crippen molar-refractivity contribution < 1.29 is 9.53 Å². The molecule has 2 aromatic rings. The minimum atomic E-state index is -0.111. The molecule has 1 aromatic heterocycles. The molecule has 0 saturated carbocycles. The molecule has 2 aliphatic rings. The van der Waals surface area contributed by atoms with Gasteiger partial charge in [0.15, 0.2) is 0 Å². The number of amides is 1. The zero-order valence-electron chi connectivity index (χ0n) is 16.5. The quantitative estimate of drug-likeness (QED) is 0.881. The minimum absolute atomic E-state index is 0.0907. The third-order valence-corrected chi connectivity index (χ3v) is 5.62. The Morgan fingerprint density at radius 2 is 2.15 bits per heavy atom. The average molecular weight is 368 g/mol. The summed E-state index contributed by atoms with van der Waals surface area (Å²) < 4.78 is 7.75. The Balaban J connectivity index is 1.39. The predicted molar refractivity (Wildman–Crippen MR) is 103 cm³/mol. The number of nitrogens with zero attached hydrogens (tertiary/aromatic N) is 3. The highest BCUT2D eigenvalue weighted by Crippen LogP contribution is 2.37. The van der Waals surface area contributed by atoms with Gasteiger partial charge in [-0.05, 0) is 31.0 Å². The van der Waals surface area contributed by atoms with E-state index in [1.165, 1.54) is 11.1 Å². The van der Waals surface area contributed by atoms with Gasteiger partial charge in [-0.1, -0.05) is 12.1 Å². The number of hydrogen-bond donors (Lipinski definition) is 1. The molecule has 1 fully saturated rings. The Kier molecular flexibility index (Phi) is 4.46. The highest BCUT2D eigenvalue weighted by molar-refractivity contribution is 5.79. The summed E-state index contributed by atoms with van der Waals surface area (Å²) in [5.41, 5.74) is 3.53. The molecule has 1 aromatic carbocycles. The zero-order valence-corrected chi connectivity index (χ0v) is 16.5. The number of hydrogen-bond acceptors (Lipinski definition) is 4. The Labute approximate surface area is 160 Å². The third kappa shape index (κ3) is 3.58. The van der Waals surface area contributed by atoms with Gasteiger partial charge >= 0.3 is 0 Å². The van der Waals surface area contributed by atoms with Crippen molar-refractivity contribution in [1.82, 2.24) is 20.0 Å². The van der Waals surface area contributed by atoms with Gasteiger partial charge in [-0.15, -0.1) is 0 Å². The van der Waals surface area contributed by atoms with Crippen molar-refractivity contribution in [3.05, 3.63) is 47.3 Å². The number of fused-ring (bicyclic) bond motifs is 1. The fraction of sp³-hybridized carbons (Fsp3) is 0.524. The SMILES string of the molecule is CN1C(=O)C[C@@H](CNCc2ccc3c(c2)CC(C)(C)O3)[C@@H]1c1cnn(C)c1. The molecular formula is C21H28N4O2. The Morgan fingerprint density at radius 1 is 1.33 bits per heavy atom. The van der Waals surface area contributed by atoms with Crippen LogP contribution in [0.2, 0.25) is 0 Å². The van der Waals surface area contributed by atoms with E-state index in [0.717, 1.165) is 30.8 Å². The van der Waals surface area contributed by atoms with E-state index in [-0.39, 0.29) is 23.5 Å². The highest BCUT2D eigenvalue weighted by atomic mass is 16.5. The van der Waals surface area contributed by atoms with Crippen LogP contribution in [-0.4, -0.2) is 39.8 Å². The maximum absolute atomic E-state index is 12.3. The Hall–Kier alpha value is -2.34. The van der Waals surface area contributed by atoms with Crippen LogP contribution in [0.5, 0.6) is 5.75 Å². The van der Waals surface area contributed by atoms with Gasteiger partial charge in [0.1, 0.15) is 11.4 Å². The van der Waals surface area contributed by atoms with Gasteiger partial charge in [0.25, 0.3) is 0 Å². The average Bonchev–Trinajstić information content (AvgIpc) is 3.22. The molecule has 2 atom stereocenters. The van der Waals surface area contributed by atoms with Crippen molar-refractivity contribution >= 4 is 5.91 Å². The van der Waals surface area contributed by atoms with Gasteiger partial charge in [0.05, 0.1) is 12.2 Å². The van der Waals surface area contributed by atoms with Crippen LogP contribution in [0.15, 0.2) is 30.6 Å². The lowest BCUT2D eigenvalue weighted by atomic mass is 9.95. The first-order chi connectivity index (χ1) is 12.8. The molecule has 3 heterocycles. The second-order valence-corrected chi connectivity index (χ2v) is 8.47. The second kappa shape index (κ2) is 6.68. The van der Waals surface area contributed by atoms with Gasteiger partial charge in [-0.2, -0.15) is 5.10 Å². The van der Waals surface area contributed by atoms with Crippen LogP contribution in [0.25, 0.3) is 0 Å². The molecule has 1 amide bonds. The normalized spacial score (nSPS) is 23.6. The fourth-order valence-electron chi connectivity index (χ4n) is 4.40. The van der Waals surface area contributed by atoms with Crippen LogP contribution < -0.4 is 10.1 Å². The number of carbonyl (C=O) groups excluding carboxylic acids is 1.